The van der Waals surface area contributed by atoms with Crippen LogP contribution in [0, 0.1) is 5.82 Å². The first kappa shape index (κ1) is 16.7. The van der Waals surface area contributed by atoms with Crippen LogP contribution >= 0.6 is 11.6 Å². The van der Waals surface area contributed by atoms with E-state index in [-0.39, 0.29) is 17.4 Å². The molecule has 1 aromatic carbocycles. The molecule has 4 rings (SSSR count). The second-order valence-corrected chi connectivity index (χ2v) is 6.53. The molecule has 9 heteroatoms. The van der Waals surface area contributed by atoms with Crippen molar-refractivity contribution in [3.05, 3.63) is 53.1 Å². The van der Waals surface area contributed by atoms with Crippen molar-refractivity contribution in [2.45, 2.75) is 6.42 Å². The number of rotatable bonds is 3. The Bertz CT molecular complexity index is 953. The predicted molar refractivity (Wildman–Crippen MR) is 94.7 cm³/mol. The van der Waals surface area contributed by atoms with Crippen LogP contribution in [0.25, 0.3) is 5.65 Å². The highest BCUT2D eigenvalue weighted by molar-refractivity contribution is 6.30. The molecule has 0 radical (unpaired) electrons. The van der Waals surface area contributed by atoms with E-state index < -0.39 is 5.82 Å². The highest BCUT2D eigenvalue weighted by Crippen LogP contribution is 2.18. The van der Waals surface area contributed by atoms with Gasteiger partial charge in [0.05, 0.1) is 11.4 Å². The Kier molecular flexibility index (Phi) is 4.42. The number of anilines is 1. The summed E-state index contributed by atoms with van der Waals surface area (Å²) < 4.78 is 15.1. The second-order valence-electron chi connectivity index (χ2n) is 6.12. The van der Waals surface area contributed by atoms with E-state index in [1.165, 1.54) is 12.1 Å². The van der Waals surface area contributed by atoms with Crippen LogP contribution in [0.1, 0.15) is 5.56 Å². The summed E-state index contributed by atoms with van der Waals surface area (Å²) in [5, 5.41) is 12.3. The maximum atomic E-state index is 13.5. The molecule has 1 saturated heterocycles. The van der Waals surface area contributed by atoms with Crippen LogP contribution in [0.3, 0.4) is 0 Å². The molecular formula is C17H16ClFN6O. The number of hydrogen-bond donors (Lipinski definition) is 0. The summed E-state index contributed by atoms with van der Waals surface area (Å²) >= 11 is 5.68. The molecule has 0 unspecified atom stereocenters. The van der Waals surface area contributed by atoms with Crippen LogP contribution in [-0.2, 0) is 11.2 Å². The fourth-order valence-corrected chi connectivity index (χ4v) is 3.13. The normalized spacial score (nSPS) is 14.8. The first-order valence-corrected chi connectivity index (χ1v) is 8.62. The summed E-state index contributed by atoms with van der Waals surface area (Å²) in [5.74, 6) is 0.301. The number of amides is 1. The lowest BCUT2D eigenvalue weighted by molar-refractivity contribution is -0.130. The minimum absolute atomic E-state index is 0.0198. The maximum Gasteiger partial charge on any atom is 0.227 e. The largest absolute Gasteiger partial charge is 0.352 e. The molecule has 1 aliphatic heterocycles. The van der Waals surface area contributed by atoms with E-state index in [1.54, 1.807) is 21.8 Å². The summed E-state index contributed by atoms with van der Waals surface area (Å²) in [6, 6.07) is 8.23. The number of halogens is 2. The maximum absolute atomic E-state index is 13.5. The fraction of sp³-hybridized carbons (Fsp3) is 0.294. The number of benzene rings is 1. The Morgan fingerprint density at radius 2 is 1.96 bits per heavy atom. The van der Waals surface area contributed by atoms with E-state index in [0.29, 0.717) is 37.4 Å². The van der Waals surface area contributed by atoms with Gasteiger partial charge in [-0.1, -0.05) is 17.7 Å². The molecule has 7 nitrogen and oxygen atoms in total. The lowest BCUT2D eigenvalue weighted by atomic mass is 10.1. The molecule has 0 aliphatic carbocycles. The van der Waals surface area contributed by atoms with Gasteiger partial charge in [0.1, 0.15) is 18.0 Å². The number of carbonyl (C=O) groups is 1. The fourth-order valence-electron chi connectivity index (χ4n) is 3.01. The molecule has 2 aromatic heterocycles. The van der Waals surface area contributed by atoms with Crippen LogP contribution in [-0.4, -0.2) is 56.8 Å². The number of aromatic nitrogens is 4. The van der Waals surface area contributed by atoms with Gasteiger partial charge >= 0.3 is 0 Å². The molecular weight excluding hydrogens is 359 g/mol. The van der Waals surface area contributed by atoms with Crippen molar-refractivity contribution in [1.29, 1.82) is 0 Å². The van der Waals surface area contributed by atoms with Gasteiger partial charge in [-0.15, -0.1) is 15.3 Å². The molecule has 1 amide bonds. The highest BCUT2D eigenvalue weighted by Gasteiger charge is 2.22. The number of hydrogen-bond acceptors (Lipinski definition) is 5. The van der Waals surface area contributed by atoms with Crippen molar-refractivity contribution >= 4 is 29.0 Å². The van der Waals surface area contributed by atoms with Crippen LogP contribution in [0.15, 0.2) is 36.7 Å². The van der Waals surface area contributed by atoms with Crippen LogP contribution in [0.2, 0.25) is 5.02 Å². The van der Waals surface area contributed by atoms with Crippen LogP contribution in [0.5, 0.6) is 0 Å². The van der Waals surface area contributed by atoms with Crippen LogP contribution < -0.4 is 4.90 Å². The summed E-state index contributed by atoms with van der Waals surface area (Å²) in [7, 11) is 0. The smallest absolute Gasteiger partial charge is 0.227 e. The highest BCUT2D eigenvalue weighted by atomic mass is 35.5. The van der Waals surface area contributed by atoms with Gasteiger partial charge in [-0.25, -0.2) is 4.39 Å². The van der Waals surface area contributed by atoms with Crippen LogP contribution in [0.4, 0.5) is 10.2 Å². The minimum atomic E-state index is -0.503. The molecule has 0 spiro atoms. The second kappa shape index (κ2) is 6.87. The number of fused-ring (bicyclic) bond motifs is 1. The molecule has 1 fully saturated rings. The van der Waals surface area contributed by atoms with Gasteiger partial charge in [0.15, 0.2) is 5.65 Å². The molecule has 0 bridgehead atoms. The molecule has 3 aromatic rings. The summed E-state index contributed by atoms with van der Waals surface area (Å²) in [4.78, 5) is 16.4. The van der Waals surface area contributed by atoms with E-state index >= 15 is 0 Å². The third kappa shape index (κ3) is 3.32. The molecule has 1 aliphatic rings. The van der Waals surface area contributed by atoms with Crippen molar-refractivity contribution in [3.63, 3.8) is 0 Å². The standard InChI is InChI=1S/C17H16ClFN6O/c18-13-2-1-12(9-14(13)19)10-17(26)24-7-5-23(6-8-24)16-4-3-15-21-20-11-25(15)22-16/h1-4,9,11H,5-8,10H2. The Morgan fingerprint density at radius 3 is 2.73 bits per heavy atom. The molecule has 3 heterocycles. The molecule has 0 saturated carbocycles. The zero-order chi connectivity index (χ0) is 18.1. The Labute approximate surface area is 154 Å². The zero-order valence-corrected chi connectivity index (χ0v) is 14.6. The van der Waals surface area contributed by atoms with Crippen molar-refractivity contribution in [3.8, 4) is 0 Å². The van der Waals surface area contributed by atoms with Gasteiger partial charge in [-0.2, -0.15) is 4.52 Å². The van der Waals surface area contributed by atoms with Gasteiger partial charge in [0.2, 0.25) is 5.91 Å². The average Bonchev–Trinajstić information content (AvgIpc) is 3.12. The zero-order valence-electron chi connectivity index (χ0n) is 13.8. The lowest BCUT2D eigenvalue weighted by Crippen LogP contribution is -2.49. The van der Waals surface area contributed by atoms with E-state index in [9.17, 15) is 9.18 Å². The number of carbonyl (C=O) groups excluding carboxylic acids is 1. The first-order chi connectivity index (χ1) is 12.6. The number of piperazine rings is 1. The quantitative estimate of drug-likeness (QED) is 0.699. The van der Waals surface area contributed by atoms with Crippen molar-refractivity contribution in [2.75, 3.05) is 31.1 Å². The molecule has 26 heavy (non-hydrogen) atoms. The third-order valence-electron chi connectivity index (χ3n) is 4.44. The molecule has 134 valence electrons. The number of nitrogens with zero attached hydrogens (tertiary/aromatic N) is 6. The predicted octanol–water partition coefficient (Wildman–Crippen LogP) is 1.81. The Balaban J connectivity index is 1.37. The third-order valence-corrected chi connectivity index (χ3v) is 4.75. The van der Waals surface area contributed by atoms with E-state index in [4.69, 9.17) is 11.6 Å². The van der Waals surface area contributed by atoms with Gasteiger partial charge in [0, 0.05) is 26.2 Å². The minimum Gasteiger partial charge on any atom is -0.352 e. The lowest BCUT2D eigenvalue weighted by Gasteiger charge is -2.35. The van der Waals surface area contributed by atoms with E-state index in [2.05, 4.69) is 20.2 Å². The Hall–Kier alpha value is -2.74. The topological polar surface area (TPSA) is 66.6 Å². The average molecular weight is 375 g/mol. The van der Waals surface area contributed by atoms with Crippen molar-refractivity contribution in [1.82, 2.24) is 24.7 Å². The summed E-state index contributed by atoms with van der Waals surface area (Å²) in [6.07, 6.45) is 1.73. The molecule has 0 atom stereocenters. The van der Waals surface area contributed by atoms with E-state index in [0.717, 1.165) is 5.82 Å². The summed E-state index contributed by atoms with van der Waals surface area (Å²) in [6.45, 7) is 2.55. The van der Waals surface area contributed by atoms with Crippen molar-refractivity contribution in [2.24, 2.45) is 0 Å². The van der Waals surface area contributed by atoms with Gasteiger partial charge in [-0.3, -0.25) is 4.79 Å². The molecule has 0 N–H and O–H groups in total. The summed E-state index contributed by atoms with van der Waals surface area (Å²) in [5.41, 5.74) is 1.32. The monoisotopic (exact) mass is 374 g/mol. The Morgan fingerprint density at radius 1 is 1.15 bits per heavy atom. The van der Waals surface area contributed by atoms with Crippen molar-refractivity contribution < 1.29 is 9.18 Å². The SMILES string of the molecule is O=C(Cc1ccc(Cl)c(F)c1)N1CCN(c2ccc3nncn3n2)CC1. The van der Waals surface area contributed by atoms with Gasteiger partial charge in [0.25, 0.3) is 0 Å². The van der Waals surface area contributed by atoms with E-state index in [1.807, 2.05) is 12.1 Å². The van der Waals surface area contributed by atoms with Gasteiger partial charge in [-0.05, 0) is 29.8 Å². The van der Waals surface area contributed by atoms with Gasteiger partial charge < -0.3 is 9.80 Å². The first-order valence-electron chi connectivity index (χ1n) is 8.24.